The Morgan fingerprint density at radius 2 is 1.90 bits per heavy atom. The molecule has 3 rings (SSSR count). The number of nitrogens with zero attached hydrogens (tertiary/aromatic N) is 3. The molecule has 0 bridgehead atoms. The molecular weight excluding hydrogens is 278 g/mol. The van der Waals surface area contributed by atoms with E-state index >= 15 is 0 Å². The zero-order valence-corrected chi connectivity index (χ0v) is 13.2. The van der Waals surface area contributed by atoms with E-state index in [1.807, 2.05) is 18.5 Å². The first-order valence-electron chi connectivity index (χ1n) is 7.00. The van der Waals surface area contributed by atoms with Crippen molar-refractivity contribution in [3.63, 3.8) is 0 Å². The van der Waals surface area contributed by atoms with Gasteiger partial charge in [0.1, 0.15) is 5.03 Å². The fraction of sp³-hybridized carbons (Fsp3) is 0.235. The van der Waals surface area contributed by atoms with Crippen LogP contribution in [0.15, 0.2) is 59.9 Å². The van der Waals surface area contributed by atoms with Crippen LogP contribution in [0.4, 0.5) is 0 Å². The molecule has 0 saturated carbocycles. The second-order valence-electron chi connectivity index (χ2n) is 5.32. The summed E-state index contributed by atoms with van der Waals surface area (Å²) in [6.45, 7) is 0.932. The third-order valence-corrected chi connectivity index (χ3v) is 4.39. The minimum atomic E-state index is 0.932. The third-order valence-electron chi connectivity index (χ3n) is 3.33. The van der Waals surface area contributed by atoms with Gasteiger partial charge in [0, 0.05) is 30.4 Å². The van der Waals surface area contributed by atoms with Crippen LogP contribution in [0.1, 0.15) is 11.3 Å². The molecule has 2 heterocycles. The van der Waals surface area contributed by atoms with Gasteiger partial charge in [-0.1, -0.05) is 42.1 Å². The molecule has 4 heteroatoms. The van der Waals surface area contributed by atoms with Gasteiger partial charge in [0.25, 0.3) is 0 Å². The van der Waals surface area contributed by atoms with Gasteiger partial charge < -0.3 is 9.30 Å². The van der Waals surface area contributed by atoms with Crippen molar-refractivity contribution in [1.29, 1.82) is 0 Å². The van der Waals surface area contributed by atoms with E-state index in [4.69, 9.17) is 0 Å². The molecule has 0 unspecified atom stereocenters. The number of hydrogen-bond acceptors (Lipinski definition) is 3. The second kappa shape index (κ2) is 6.33. The summed E-state index contributed by atoms with van der Waals surface area (Å²) in [6, 6.07) is 14.9. The molecular formula is C17H19N3S. The molecule has 0 fully saturated rings. The van der Waals surface area contributed by atoms with E-state index < -0.39 is 0 Å². The smallest absolute Gasteiger partial charge is 0.120 e. The summed E-state index contributed by atoms with van der Waals surface area (Å²) in [7, 11) is 4.18. The van der Waals surface area contributed by atoms with Gasteiger partial charge in [-0.15, -0.1) is 0 Å². The summed E-state index contributed by atoms with van der Waals surface area (Å²) in [6.07, 6.45) is 3.93. The van der Waals surface area contributed by atoms with Gasteiger partial charge in [0.15, 0.2) is 0 Å². The number of fused-ring (bicyclic) bond motifs is 1. The lowest BCUT2D eigenvalue weighted by atomic mass is 10.2. The van der Waals surface area contributed by atoms with Crippen LogP contribution in [0, 0.1) is 0 Å². The van der Waals surface area contributed by atoms with Crippen LogP contribution >= 0.6 is 11.8 Å². The first-order chi connectivity index (χ1) is 10.2. The maximum atomic E-state index is 4.54. The Morgan fingerprint density at radius 3 is 2.67 bits per heavy atom. The minimum absolute atomic E-state index is 0.932. The number of rotatable bonds is 5. The van der Waals surface area contributed by atoms with Gasteiger partial charge in [-0.2, -0.15) is 0 Å². The van der Waals surface area contributed by atoms with Crippen LogP contribution in [-0.2, 0) is 12.3 Å². The zero-order valence-electron chi connectivity index (χ0n) is 12.4. The Labute approximate surface area is 129 Å². The molecule has 0 atom stereocenters. The maximum Gasteiger partial charge on any atom is 0.120 e. The summed E-state index contributed by atoms with van der Waals surface area (Å²) >= 11 is 1.79. The number of hydrogen-bond donors (Lipinski definition) is 0. The van der Waals surface area contributed by atoms with Crippen molar-refractivity contribution < 1.29 is 0 Å². The Kier molecular flexibility index (Phi) is 4.27. The van der Waals surface area contributed by atoms with E-state index in [0.717, 1.165) is 17.3 Å². The van der Waals surface area contributed by atoms with Gasteiger partial charge >= 0.3 is 0 Å². The molecule has 3 aromatic rings. The molecule has 2 aromatic heterocycles. The molecule has 1 aromatic carbocycles. The molecule has 0 aliphatic rings. The standard InChI is InChI=1S/C17H19N3S/c1-19(2)12-15-8-9-16-17(18-10-11-20(15)16)21-13-14-6-4-3-5-7-14/h3-11H,12-13H2,1-2H3. The quantitative estimate of drug-likeness (QED) is 0.670. The summed E-state index contributed by atoms with van der Waals surface area (Å²) < 4.78 is 2.24. The number of aromatic nitrogens is 2. The third kappa shape index (κ3) is 3.28. The van der Waals surface area contributed by atoms with Crippen molar-refractivity contribution in [2.45, 2.75) is 17.3 Å². The Balaban J connectivity index is 1.84. The maximum absolute atomic E-state index is 4.54. The minimum Gasteiger partial charge on any atom is -0.316 e. The summed E-state index contributed by atoms with van der Waals surface area (Å²) in [4.78, 5) is 6.72. The van der Waals surface area contributed by atoms with Crippen LogP contribution in [0.2, 0.25) is 0 Å². The topological polar surface area (TPSA) is 20.5 Å². The molecule has 3 nitrogen and oxygen atoms in total. The Hall–Kier alpha value is -1.78. The molecule has 0 aliphatic carbocycles. The van der Waals surface area contributed by atoms with Gasteiger partial charge in [-0.25, -0.2) is 4.98 Å². The van der Waals surface area contributed by atoms with Crippen molar-refractivity contribution in [3.8, 4) is 0 Å². The van der Waals surface area contributed by atoms with E-state index in [1.165, 1.54) is 16.8 Å². The zero-order chi connectivity index (χ0) is 14.7. The predicted molar refractivity (Wildman–Crippen MR) is 88.6 cm³/mol. The number of benzene rings is 1. The lowest BCUT2D eigenvalue weighted by Gasteiger charge is -2.10. The van der Waals surface area contributed by atoms with E-state index in [0.29, 0.717) is 0 Å². The summed E-state index contributed by atoms with van der Waals surface area (Å²) in [5, 5.41) is 1.09. The van der Waals surface area contributed by atoms with Crippen LogP contribution in [-0.4, -0.2) is 28.4 Å². The van der Waals surface area contributed by atoms with E-state index in [-0.39, 0.29) is 0 Å². The average Bonchev–Trinajstić information content (AvgIpc) is 2.89. The molecule has 108 valence electrons. The Morgan fingerprint density at radius 1 is 1.10 bits per heavy atom. The molecule has 0 spiro atoms. The van der Waals surface area contributed by atoms with Gasteiger partial charge in [0.05, 0.1) is 5.52 Å². The first kappa shape index (κ1) is 14.2. The predicted octanol–water partition coefficient (Wildman–Crippen LogP) is 3.69. The fourth-order valence-corrected chi connectivity index (χ4v) is 3.31. The largest absolute Gasteiger partial charge is 0.316 e. The van der Waals surface area contributed by atoms with Crippen molar-refractivity contribution in [2.75, 3.05) is 14.1 Å². The monoisotopic (exact) mass is 297 g/mol. The van der Waals surface area contributed by atoms with Crippen LogP contribution < -0.4 is 0 Å². The number of thioether (sulfide) groups is 1. The van der Waals surface area contributed by atoms with E-state index in [2.05, 4.69) is 64.8 Å². The highest BCUT2D eigenvalue weighted by Gasteiger charge is 2.08. The van der Waals surface area contributed by atoms with Gasteiger partial charge in [-0.05, 0) is 31.8 Å². The highest BCUT2D eigenvalue weighted by Crippen LogP contribution is 2.26. The van der Waals surface area contributed by atoms with Crippen molar-refractivity contribution in [3.05, 3.63) is 66.1 Å². The normalized spacial score (nSPS) is 11.4. The van der Waals surface area contributed by atoms with Crippen molar-refractivity contribution >= 4 is 17.3 Å². The van der Waals surface area contributed by atoms with Crippen LogP contribution in [0.5, 0.6) is 0 Å². The lowest BCUT2D eigenvalue weighted by Crippen LogP contribution is -2.12. The molecule has 0 aliphatic heterocycles. The summed E-state index contributed by atoms with van der Waals surface area (Å²) in [5.41, 5.74) is 3.81. The van der Waals surface area contributed by atoms with Gasteiger partial charge in [0.2, 0.25) is 0 Å². The van der Waals surface area contributed by atoms with E-state index in [1.54, 1.807) is 11.8 Å². The highest BCUT2D eigenvalue weighted by atomic mass is 32.2. The SMILES string of the molecule is CN(C)Cc1ccc2c(SCc3ccccc3)nccn12. The van der Waals surface area contributed by atoms with Crippen molar-refractivity contribution in [1.82, 2.24) is 14.3 Å². The highest BCUT2D eigenvalue weighted by molar-refractivity contribution is 7.98. The van der Waals surface area contributed by atoms with E-state index in [9.17, 15) is 0 Å². The summed E-state index contributed by atoms with van der Waals surface area (Å²) in [5.74, 6) is 0.946. The molecule has 0 radical (unpaired) electrons. The molecule has 0 saturated heterocycles. The second-order valence-corrected chi connectivity index (χ2v) is 6.29. The molecule has 21 heavy (non-hydrogen) atoms. The average molecular weight is 297 g/mol. The van der Waals surface area contributed by atoms with Gasteiger partial charge in [-0.3, -0.25) is 0 Å². The molecule has 0 N–H and O–H groups in total. The lowest BCUT2D eigenvalue weighted by molar-refractivity contribution is 0.395. The van der Waals surface area contributed by atoms with Crippen molar-refractivity contribution in [2.24, 2.45) is 0 Å². The first-order valence-corrected chi connectivity index (χ1v) is 7.99. The van der Waals surface area contributed by atoms with Crippen LogP contribution in [0.25, 0.3) is 5.52 Å². The van der Waals surface area contributed by atoms with Crippen LogP contribution in [0.3, 0.4) is 0 Å². The molecule has 0 amide bonds. The Bertz CT molecular complexity index is 719. The fourth-order valence-electron chi connectivity index (χ4n) is 2.36.